The van der Waals surface area contributed by atoms with Crippen LogP contribution in [0.3, 0.4) is 0 Å². The highest BCUT2D eigenvalue weighted by Gasteiger charge is 2.35. The zero-order chi connectivity index (χ0) is 11.8. The molecule has 1 aromatic rings. The monoisotopic (exact) mass is 287 g/mol. The summed E-state index contributed by atoms with van der Waals surface area (Å²) >= 11 is 3.15. The van der Waals surface area contributed by atoms with Gasteiger partial charge < -0.3 is 10.0 Å². The molecule has 0 aromatic heterocycles. The molecule has 2 nitrogen and oxygen atoms in total. The van der Waals surface area contributed by atoms with Crippen LogP contribution < -0.4 is 0 Å². The Kier molecular flexibility index (Phi) is 3.33. The van der Waals surface area contributed by atoms with E-state index in [4.69, 9.17) is 0 Å². The third kappa shape index (κ3) is 2.14. The van der Waals surface area contributed by atoms with E-state index in [-0.39, 0.29) is 5.82 Å². The fraction of sp³-hybridized carbons (Fsp3) is 0.500. The van der Waals surface area contributed by atoms with Crippen molar-refractivity contribution in [2.24, 2.45) is 0 Å². The Labute approximate surface area is 103 Å². The van der Waals surface area contributed by atoms with Gasteiger partial charge in [-0.25, -0.2) is 4.39 Å². The van der Waals surface area contributed by atoms with Crippen LogP contribution in [0.4, 0.5) is 4.39 Å². The molecule has 1 aromatic carbocycles. The molecule has 88 valence electrons. The summed E-state index contributed by atoms with van der Waals surface area (Å²) in [5.41, 5.74) is -0.602. The fourth-order valence-electron chi connectivity index (χ4n) is 2.12. The highest BCUT2D eigenvalue weighted by molar-refractivity contribution is 9.10. The number of piperidine rings is 1. The molecule has 2 rings (SSSR count). The van der Waals surface area contributed by atoms with Crippen molar-refractivity contribution in [1.82, 2.24) is 4.90 Å². The second-order valence-corrected chi connectivity index (χ2v) is 5.29. The average molecular weight is 288 g/mol. The van der Waals surface area contributed by atoms with Gasteiger partial charge in [0, 0.05) is 18.7 Å². The Morgan fingerprint density at radius 3 is 2.62 bits per heavy atom. The van der Waals surface area contributed by atoms with Gasteiger partial charge in [0.25, 0.3) is 0 Å². The van der Waals surface area contributed by atoms with Gasteiger partial charge in [0.05, 0.1) is 10.1 Å². The number of aliphatic hydroxyl groups is 1. The average Bonchev–Trinajstić information content (AvgIpc) is 2.27. The first kappa shape index (κ1) is 12.0. The minimum Gasteiger partial charge on any atom is -0.385 e. The minimum atomic E-state index is -1.01. The third-order valence-electron chi connectivity index (χ3n) is 3.27. The van der Waals surface area contributed by atoms with Crippen molar-refractivity contribution in [1.29, 1.82) is 0 Å². The van der Waals surface area contributed by atoms with E-state index >= 15 is 0 Å². The van der Waals surface area contributed by atoms with Crippen LogP contribution >= 0.6 is 15.9 Å². The van der Waals surface area contributed by atoms with Crippen molar-refractivity contribution in [2.45, 2.75) is 18.4 Å². The Balaban J connectivity index is 2.32. The molecule has 0 aliphatic carbocycles. The van der Waals surface area contributed by atoms with Gasteiger partial charge in [-0.3, -0.25) is 0 Å². The first-order valence-corrected chi connectivity index (χ1v) is 6.18. The predicted octanol–water partition coefficient (Wildman–Crippen LogP) is 2.50. The maximum Gasteiger partial charge on any atom is 0.143 e. The molecule has 0 atom stereocenters. The number of halogens is 2. The maximum atomic E-state index is 13.9. The molecule has 0 radical (unpaired) electrons. The van der Waals surface area contributed by atoms with Crippen LogP contribution in [-0.4, -0.2) is 30.1 Å². The van der Waals surface area contributed by atoms with E-state index < -0.39 is 5.60 Å². The van der Waals surface area contributed by atoms with Crippen LogP contribution in [0.1, 0.15) is 18.4 Å². The number of hydrogen-bond acceptors (Lipinski definition) is 2. The smallest absolute Gasteiger partial charge is 0.143 e. The standard InChI is InChI=1S/C12H15BrFNO/c1-15-7-5-12(16,6-8-15)9-3-2-4-10(13)11(9)14/h2-4,16H,5-8H2,1H3. The van der Waals surface area contributed by atoms with Gasteiger partial charge in [-0.1, -0.05) is 12.1 Å². The molecule has 0 unspecified atom stereocenters. The number of rotatable bonds is 1. The topological polar surface area (TPSA) is 23.5 Å². The highest BCUT2D eigenvalue weighted by Crippen LogP contribution is 2.35. The molecule has 1 aliphatic heterocycles. The molecule has 0 amide bonds. The summed E-state index contributed by atoms with van der Waals surface area (Å²) in [7, 11) is 2.01. The van der Waals surface area contributed by atoms with E-state index in [0.29, 0.717) is 22.9 Å². The lowest BCUT2D eigenvalue weighted by molar-refractivity contribution is -0.0230. The molecule has 1 aliphatic rings. The van der Waals surface area contributed by atoms with E-state index in [1.165, 1.54) is 0 Å². The van der Waals surface area contributed by atoms with Gasteiger partial charge in [-0.15, -0.1) is 0 Å². The molecule has 0 saturated carbocycles. The molecule has 4 heteroatoms. The summed E-state index contributed by atoms with van der Waals surface area (Å²) in [5, 5.41) is 10.5. The fourth-order valence-corrected chi connectivity index (χ4v) is 2.49. The molecular formula is C12H15BrFNO. The quantitative estimate of drug-likeness (QED) is 0.858. The molecule has 1 saturated heterocycles. The lowest BCUT2D eigenvalue weighted by atomic mass is 9.84. The largest absolute Gasteiger partial charge is 0.385 e. The number of nitrogens with zero attached hydrogens (tertiary/aromatic N) is 1. The third-order valence-corrected chi connectivity index (χ3v) is 3.88. The second kappa shape index (κ2) is 4.43. The van der Waals surface area contributed by atoms with E-state index in [2.05, 4.69) is 20.8 Å². The van der Waals surface area contributed by atoms with Crippen LogP contribution in [0.15, 0.2) is 22.7 Å². The van der Waals surface area contributed by atoms with Gasteiger partial charge in [0.1, 0.15) is 5.82 Å². The number of hydrogen-bond donors (Lipinski definition) is 1. The molecule has 1 fully saturated rings. The molecule has 0 bridgehead atoms. The first-order valence-electron chi connectivity index (χ1n) is 5.38. The van der Waals surface area contributed by atoms with Crippen molar-refractivity contribution in [3.05, 3.63) is 34.1 Å². The summed E-state index contributed by atoms with van der Waals surface area (Å²) in [5.74, 6) is -0.338. The Bertz CT molecular complexity index is 389. The number of benzene rings is 1. The summed E-state index contributed by atoms with van der Waals surface area (Å²) in [6.45, 7) is 1.59. The Morgan fingerprint density at radius 2 is 2.00 bits per heavy atom. The summed E-state index contributed by atoms with van der Waals surface area (Å²) in [6.07, 6.45) is 1.16. The minimum absolute atomic E-state index is 0.338. The molecule has 16 heavy (non-hydrogen) atoms. The van der Waals surface area contributed by atoms with Crippen LogP contribution in [0.2, 0.25) is 0 Å². The molecular weight excluding hydrogens is 273 g/mol. The highest BCUT2D eigenvalue weighted by atomic mass is 79.9. The van der Waals surface area contributed by atoms with Crippen molar-refractivity contribution < 1.29 is 9.50 Å². The van der Waals surface area contributed by atoms with Crippen molar-refractivity contribution in [2.75, 3.05) is 20.1 Å². The van der Waals surface area contributed by atoms with Gasteiger partial charge in [0.15, 0.2) is 0 Å². The lowest BCUT2D eigenvalue weighted by Crippen LogP contribution is -2.41. The van der Waals surface area contributed by atoms with Crippen LogP contribution in [0, 0.1) is 5.82 Å². The second-order valence-electron chi connectivity index (χ2n) is 4.44. The zero-order valence-corrected chi connectivity index (χ0v) is 10.8. The maximum absolute atomic E-state index is 13.9. The SMILES string of the molecule is CN1CCC(O)(c2cccc(Br)c2F)CC1. The van der Waals surface area contributed by atoms with Crippen LogP contribution in [-0.2, 0) is 5.60 Å². The first-order chi connectivity index (χ1) is 7.53. The summed E-state index contributed by atoms with van der Waals surface area (Å²) < 4.78 is 14.3. The molecule has 1 N–H and O–H groups in total. The molecule has 0 spiro atoms. The van der Waals surface area contributed by atoms with Gasteiger partial charge in [-0.05, 0) is 41.9 Å². The van der Waals surface area contributed by atoms with E-state index in [0.717, 1.165) is 13.1 Å². The van der Waals surface area contributed by atoms with Crippen molar-refractivity contribution >= 4 is 15.9 Å². The van der Waals surface area contributed by atoms with E-state index in [9.17, 15) is 9.50 Å². The Hall–Kier alpha value is -0.450. The predicted molar refractivity (Wildman–Crippen MR) is 64.7 cm³/mol. The van der Waals surface area contributed by atoms with Gasteiger partial charge >= 0.3 is 0 Å². The molecule has 1 heterocycles. The summed E-state index contributed by atoms with van der Waals surface area (Å²) in [4.78, 5) is 2.14. The van der Waals surface area contributed by atoms with Gasteiger partial charge in [-0.2, -0.15) is 0 Å². The lowest BCUT2D eigenvalue weighted by Gasteiger charge is -2.37. The Morgan fingerprint density at radius 1 is 1.38 bits per heavy atom. The van der Waals surface area contributed by atoms with E-state index in [1.807, 2.05) is 7.05 Å². The number of likely N-dealkylation sites (tertiary alicyclic amines) is 1. The van der Waals surface area contributed by atoms with Gasteiger partial charge in [0.2, 0.25) is 0 Å². The summed E-state index contributed by atoms with van der Waals surface area (Å²) in [6, 6.07) is 5.08. The van der Waals surface area contributed by atoms with E-state index in [1.54, 1.807) is 18.2 Å². The van der Waals surface area contributed by atoms with Crippen LogP contribution in [0.25, 0.3) is 0 Å². The van der Waals surface area contributed by atoms with Crippen molar-refractivity contribution in [3.8, 4) is 0 Å². The normalized spacial score (nSPS) is 21.0. The van der Waals surface area contributed by atoms with Crippen molar-refractivity contribution in [3.63, 3.8) is 0 Å². The zero-order valence-electron chi connectivity index (χ0n) is 9.21. The van der Waals surface area contributed by atoms with Crippen LogP contribution in [0.5, 0.6) is 0 Å².